The lowest BCUT2D eigenvalue weighted by Crippen LogP contribution is -2.12. The molecule has 0 amide bonds. The van der Waals surface area contributed by atoms with Crippen molar-refractivity contribution in [2.24, 2.45) is 0 Å². The highest BCUT2D eigenvalue weighted by molar-refractivity contribution is 9.11. The Bertz CT molecular complexity index is 1060. The maximum Gasteiger partial charge on any atom is 0.339 e. The average molecular weight is 576 g/mol. The molecule has 0 aromatic heterocycles. The van der Waals surface area contributed by atoms with Crippen LogP contribution in [-0.2, 0) is 9.47 Å². The molecule has 0 unspecified atom stereocenters. The van der Waals surface area contributed by atoms with Gasteiger partial charge >= 0.3 is 11.9 Å². The van der Waals surface area contributed by atoms with Crippen LogP contribution in [0.3, 0.4) is 0 Å². The van der Waals surface area contributed by atoms with Crippen LogP contribution in [0.1, 0.15) is 20.7 Å². The molecule has 4 rings (SSSR count). The Morgan fingerprint density at radius 2 is 1.00 bits per heavy atom. The van der Waals surface area contributed by atoms with Gasteiger partial charge in [-0.15, -0.1) is 0 Å². The van der Waals surface area contributed by atoms with Crippen LogP contribution in [0.2, 0.25) is 0 Å². The Morgan fingerprint density at radius 1 is 0.656 bits per heavy atom. The molecule has 0 fully saturated rings. The number of benzene rings is 2. The summed E-state index contributed by atoms with van der Waals surface area (Å²) in [5.74, 6) is -0.214. The number of hydrogen-bond donors (Lipinski definition) is 0. The van der Waals surface area contributed by atoms with E-state index in [4.69, 9.17) is 37.9 Å². The van der Waals surface area contributed by atoms with E-state index in [0.717, 1.165) is 0 Å². The van der Waals surface area contributed by atoms with Crippen LogP contribution in [0.4, 0.5) is 0 Å². The minimum absolute atomic E-state index is 0.0218. The number of fused-ring (bicyclic) bond motifs is 2. The zero-order valence-electron chi connectivity index (χ0n) is 17.3. The lowest BCUT2D eigenvalue weighted by Gasteiger charge is -2.21. The highest BCUT2D eigenvalue weighted by Crippen LogP contribution is 2.60. The predicted octanol–water partition coefficient (Wildman–Crippen LogP) is 3.93. The Kier molecular flexibility index (Phi) is 5.99. The lowest BCUT2D eigenvalue weighted by molar-refractivity contribution is 0.0588. The SMILES string of the molecule is COC(=O)c1c(Br)c(OC)c2c(c1-c1c3c(c(OC)c(Br)c1C(=O)OC)OCO3)OCO2. The summed E-state index contributed by atoms with van der Waals surface area (Å²) in [5, 5.41) is 0. The predicted molar refractivity (Wildman–Crippen MR) is 115 cm³/mol. The number of carbonyl (C=O) groups excluding carboxylic acids is 2. The summed E-state index contributed by atoms with van der Waals surface area (Å²) in [6, 6.07) is 0. The maximum atomic E-state index is 12.9. The first-order valence-corrected chi connectivity index (χ1v) is 10.5. The monoisotopic (exact) mass is 574 g/mol. The van der Waals surface area contributed by atoms with Gasteiger partial charge in [-0.25, -0.2) is 9.59 Å². The van der Waals surface area contributed by atoms with Gasteiger partial charge in [-0.3, -0.25) is 0 Å². The second-order valence-corrected chi connectivity index (χ2v) is 7.89. The molecule has 0 spiro atoms. The molecule has 12 heteroatoms. The maximum absolute atomic E-state index is 12.9. The van der Waals surface area contributed by atoms with Crippen molar-refractivity contribution in [3.05, 3.63) is 20.1 Å². The summed E-state index contributed by atoms with van der Waals surface area (Å²) in [6.07, 6.45) is 0. The van der Waals surface area contributed by atoms with E-state index < -0.39 is 11.9 Å². The number of rotatable bonds is 5. The summed E-state index contributed by atoms with van der Waals surface area (Å²) in [6.45, 7) is -0.277. The Balaban J connectivity index is 2.23. The summed E-state index contributed by atoms with van der Waals surface area (Å²) in [4.78, 5) is 25.9. The van der Waals surface area contributed by atoms with Gasteiger partial charge in [-0.05, 0) is 31.9 Å². The number of esters is 2. The molecule has 2 aromatic carbocycles. The van der Waals surface area contributed by atoms with Crippen molar-refractivity contribution in [2.75, 3.05) is 42.0 Å². The van der Waals surface area contributed by atoms with Crippen molar-refractivity contribution >= 4 is 43.8 Å². The number of carbonyl (C=O) groups is 2. The summed E-state index contributed by atoms with van der Waals surface area (Å²) in [7, 11) is 5.29. The number of halogens is 2. The Morgan fingerprint density at radius 3 is 1.31 bits per heavy atom. The minimum Gasteiger partial charge on any atom is -0.492 e. The molecule has 10 nitrogen and oxygen atoms in total. The van der Waals surface area contributed by atoms with Crippen molar-refractivity contribution in [1.82, 2.24) is 0 Å². The third-order valence-corrected chi connectivity index (χ3v) is 6.38. The van der Waals surface area contributed by atoms with Gasteiger partial charge in [0.05, 0.1) is 48.5 Å². The molecule has 2 aromatic rings. The van der Waals surface area contributed by atoms with Crippen LogP contribution in [0, 0.1) is 0 Å². The zero-order chi connectivity index (χ0) is 23.2. The molecule has 32 heavy (non-hydrogen) atoms. The zero-order valence-corrected chi connectivity index (χ0v) is 20.4. The van der Waals surface area contributed by atoms with Crippen molar-refractivity contribution in [1.29, 1.82) is 0 Å². The highest BCUT2D eigenvalue weighted by Gasteiger charge is 2.41. The van der Waals surface area contributed by atoms with Crippen molar-refractivity contribution < 1.29 is 47.5 Å². The fourth-order valence-corrected chi connectivity index (χ4v) is 4.97. The summed E-state index contributed by atoms with van der Waals surface area (Å²) < 4.78 is 44.0. The van der Waals surface area contributed by atoms with E-state index in [1.54, 1.807) is 0 Å². The standard InChI is InChI=1S/C20H16Br2O10/c1-25-15-11(21)9(19(23)27-3)7(13-17(15)31-5-29-13)8-10(20(24)28-4)12(22)16(26-2)18-14(8)30-6-32-18/h5-6H2,1-4H3. The fraction of sp³-hybridized carbons (Fsp3) is 0.300. The highest BCUT2D eigenvalue weighted by atomic mass is 79.9. The smallest absolute Gasteiger partial charge is 0.339 e. The Hall–Kier alpha value is -2.86. The van der Waals surface area contributed by atoms with E-state index in [-0.39, 0.29) is 79.3 Å². The third-order valence-electron chi connectivity index (χ3n) is 4.87. The lowest BCUT2D eigenvalue weighted by atomic mass is 9.91. The topological polar surface area (TPSA) is 108 Å². The first-order chi connectivity index (χ1) is 15.4. The van der Waals surface area contributed by atoms with E-state index >= 15 is 0 Å². The van der Waals surface area contributed by atoms with E-state index in [0.29, 0.717) is 0 Å². The first kappa shape index (κ1) is 22.3. The van der Waals surface area contributed by atoms with Gasteiger partial charge in [-0.1, -0.05) is 0 Å². The Labute approximate surface area is 198 Å². The van der Waals surface area contributed by atoms with Gasteiger partial charge in [0.2, 0.25) is 25.1 Å². The minimum atomic E-state index is -0.723. The number of ether oxygens (including phenoxy) is 8. The largest absolute Gasteiger partial charge is 0.492 e. The van der Waals surface area contributed by atoms with Gasteiger partial charge in [0, 0.05) is 11.1 Å². The van der Waals surface area contributed by atoms with Gasteiger partial charge in [-0.2, -0.15) is 0 Å². The molecule has 0 atom stereocenters. The quantitative estimate of drug-likeness (QED) is 0.487. The molecule has 2 aliphatic heterocycles. The second kappa shape index (κ2) is 8.58. The second-order valence-electron chi connectivity index (χ2n) is 6.31. The average Bonchev–Trinajstić information content (AvgIpc) is 3.46. The molecule has 0 radical (unpaired) electrons. The molecular weight excluding hydrogens is 560 g/mol. The summed E-state index contributed by atoms with van der Waals surface area (Å²) >= 11 is 6.81. The van der Waals surface area contributed by atoms with Crippen LogP contribution < -0.4 is 28.4 Å². The van der Waals surface area contributed by atoms with Gasteiger partial charge in [0.1, 0.15) is 0 Å². The van der Waals surface area contributed by atoms with Crippen LogP contribution >= 0.6 is 31.9 Å². The molecule has 2 aliphatic rings. The molecule has 0 saturated carbocycles. The third kappa shape index (κ3) is 3.12. The first-order valence-electron chi connectivity index (χ1n) is 8.96. The molecular formula is C20H16Br2O10. The number of methoxy groups -OCH3 is 4. The van der Waals surface area contributed by atoms with Crippen LogP contribution in [0.15, 0.2) is 8.95 Å². The molecule has 2 heterocycles. The van der Waals surface area contributed by atoms with E-state index in [2.05, 4.69) is 31.9 Å². The molecule has 0 saturated heterocycles. The van der Waals surface area contributed by atoms with Crippen molar-refractivity contribution in [3.63, 3.8) is 0 Å². The fourth-order valence-electron chi connectivity index (χ4n) is 3.57. The van der Waals surface area contributed by atoms with Crippen molar-refractivity contribution in [2.45, 2.75) is 0 Å². The molecule has 170 valence electrons. The normalized spacial score (nSPS) is 13.1. The number of hydrogen-bond acceptors (Lipinski definition) is 10. The molecule has 0 bridgehead atoms. The van der Waals surface area contributed by atoms with Gasteiger partial charge in [0.25, 0.3) is 0 Å². The van der Waals surface area contributed by atoms with Crippen LogP contribution in [0.25, 0.3) is 11.1 Å². The van der Waals surface area contributed by atoms with E-state index in [1.165, 1.54) is 28.4 Å². The summed E-state index contributed by atoms with van der Waals surface area (Å²) in [5.41, 5.74) is 0.382. The van der Waals surface area contributed by atoms with Crippen molar-refractivity contribution in [3.8, 4) is 45.6 Å². The van der Waals surface area contributed by atoms with Gasteiger partial charge in [0.15, 0.2) is 23.0 Å². The molecule has 0 aliphatic carbocycles. The molecule has 0 N–H and O–H groups in total. The van der Waals surface area contributed by atoms with Crippen LogP contribution in [0.5, 0.6) is 34.5 Å². The van der Waals surface area contributed by atoms with E-state index in [1.807, 2.05) is 0 Å². The van der Waals surface area contributed by atoms with Gasteiger partial charge < -0.3 is 37.9 Å². The van der Waals surface area contributed by atoms with Crippen LogP contribution in [-0.4, -0.2) is 54.0 Å². The van der Waals surface area contributed by atoms with E-state index in [9.17, 15) is 9.59 Å².